The number of aryl methyl sites for hydroxylation is 2. The molecule has 0 unspecified atom stereocenters. The number of amides is 2. The second-order valence-electron chi connectivity index (χ2n) is 8.08. The Morgan fingerprint density at radius 3 is 2.45 bits per heavy atom. The fourth-order valence-electron chi connectivity index (χ4n) is 3.68. The van der Waals surface area contributed by atoms with Gasteiger partial charge in [-0.05, 0) is 43.2 Å². The van der Waals surface area contributed by atoms with Crippen molar-refractivity contribution in [1.82, 2.24) is 15.1 Å². The summed E-state index contributed by atoms with van der Waals surface area (Å²) in [4.78, 5) is 29.0. The van der Waals surface area contributed by atoms with Crippen LogP contribution in [0, 0.1) is 13.8 Å². The van der Waals surface area contributed by atoms with E-state index in [2.05, 4.69) is 16.6 Å². The number of carbonyl (C=O) groups excluding carboxylic acids is 2. The van der Waals surface area contributed by atoms with E-state index in [4.69, 9.17) is 0 Å². The average Bonchev–Trinajstić information content (AvgIpc) is 2.79. The molecule has 3 rings (SSSR count). The van der Waals surface area contributed by atoms with Crippen molar-refractivity contribution in [2.45, 2.75) is 18.7 Å². The fourth-order valence-corrected chi connectivity index (χ4v) is 5.09. The minimum Gasteiger partial charge on any atom is -0.352 e. The molecule has 0 aromatic heterocycles. The maximum absolute atomic E-state index is 13.2. The quantitative estimate of drug-likeness (QED) is 0.576. The van der Waals surface area contributed by atoms with E-state index in [1.807, 2.05) is 17.9 Å². The Balaban J connectivity index is 1.70. The predicted molar refractivity (Wildman–Crippen MR) is 129 cm³/mol. The smallest absolute Gasteiger partial charge is 0.262 e. The summed E-state index contributed by atoms with van der Waals surface area (Å²) in [5, 5.41) is 2.75. The first-order valence-electron chi connectivity index (χ1n) is 10.8. The molecule has 0 aliphatic carbocycles. The number of hydrogen-bond acceptors (Lipinski definition) is 5. The number of anilines is 1. The molecule has 1 fully saturated rings. The molecular weight excluding hydrogens is 440 g/mol. The molecule has 2 N–H and O–H groups in total. The van der Waals surface area contributed by atoms with Crippen molar-refractivity contribution in [3.63, 3.8) is 0 Å². The first-order valence-corrected chi connectivity index (χ1v) is 12.3. The molecule has 0 radical (unpaired) electrons. The zero-order chi connectivity index (χ0) is 24.0. The molecule has 176 valence electrons. The van der Waals surface area contributed by atoms with E-state index >= 15 is 0 Å². The van der Waals surface area contributed by atoms with Gasteiger partial charge in [-0.25, -0.2) is 8.42 Å². The highest BCUT2D eigenvalue weighted by Gasteiger charge is 2.26. The van der Waals surface area contributed by atoms with Gasteiger partial charge in [0.05, 0.1) is 22.7 Å². The summed E-state index contributed by atoms with van der Waals surface area (Å²) in [5.41, 5.74) is 2.00. The molecule has 1 aliphatic rings. The normalized spacial score (nSPS) is 14.5. The Labute approximate surface area is 195 Å². The van der Waals surface area contributed by atoms with Crippen molar-refractivity contribution >= 4 is 27.5 Å². The number of sulfonamides is 1. The van der Waals surface area contributed by atoms with Crippen LogP contribution in [0.15, 0.2) is 60.0 Å². The van der Waals surface area contributed by atoms with E-state index in [1.165, 1.54) is 0 Å². The molecule has 1 heterocycles. The van der Waals surface area contributed by atoms with Gasteiger partial charge in [-0.15, -0.1) is 6.58 Å². The maximum Gasteiger partial charge on any atom is 0.262 e. The van der Waals surface area contributed by atoms with Gasteiger partial charge in [0.15, 0.2) is 0 Å². The van der Waals surface area contributed by atoms with Gasteiger partial charge in [0, 0.05) is 32.7 Å². The third-order valence-electron chi connectivity index (χ3n) is 5.51. The Morgan fingerprint density at radius 2 is 1.76 bits per heavy atom. The SMILES string of the molecule is C=CCNC(=O)CN1CCN(C(=O)c2ccccc2NS(=O)(=O)c2cc(C)ccc2C)CC1. The lowest BCUT2D eigenvalue weighted by Gasteiger charge is -2.34. The van der Waals surface area contributed by atoms with Gasteiger partial charge >= 0.3 is 0 Å². The molecule has 1 aliphatic heterocycles. The van der Waals surface area contributed by atoms with Crippen molar-refractivity contribution in [2.75, 3.05) is 44.0 Å². The topological polar surface area (TPSA) is 98.8 Å². The zero-order valence-corrected chi connectivity index (χ0v) is 19.8. The Hall–Kier alpha value is -3.17. The van der Waals surface area contributed by atoms with Crippen molar-refractivity contribution in [2.24, 2.45) is 0 Å². The molecule has 0 spiro atoms. The van der Waals surface area contributed by atoms with Gasteiger partial charge < -0.3 is 10.2 Å². The molecule has 1 saturated heterocycles. The number of rotatable bonds is 8. The van der Waals surface area contributed by atoms with E-state index in [9.17, 15) is 18.0 Å². The van der Waals surface area contributed by atoms with Crippen molar-refractivity contribution in [3.8, 4) is 0 Å². The van der Waals surface area contributed by atoms with Crippen LogP contribution in [-0.4, -0.2) is 69.3 Å². The highest BCUT2D eigenvalue weighted by molar-refractivity contribution is 7.92. The Morgan fingerprint density at radius 1 is 1.06 bits per heavy atom. The lowest BCUT2D eigenvalue weighted by atomic mass is 10.1. The van der Waals surface area contributed by atoms with E-state index in [1.54, 1.807) is 54.3 Å². The number of carbonyl (C=O) groups is 2. The first kappa shape index (κ1) is 24.5. The van der Waals surface area contributed by atoms with Crippen LogP contribution >= 0.6 is 0 Å². The highest BCUT2D eigenvalue weighted by Crippen LogP contribution is 2.24. The van der Waals surface area contributed by atoms with Gasteiger partial charge in [-0.3, -0.25) is 19.2 Å². The second kappa shape index (κ2) is 10.6. The molecule has 8 nitrogen and oxygen atoms in total. The molecule has 2 aromatic carbocycles. The van der Waals surface area contributed by atoms with Gasteiger partial charge in [0.2, 0.25) is 5.91 Å². The van der Waals surface area contributed by atoms with Crippen molar-refractivity contribution in [1.29, 1.82) is 0 Å². The molecular formula is C24H30N4O4S. The predicted octanol–water partition coefficient (Wildman–Crippen LogP) is 2.16. The zero-order valence-electron chi connectivity index (χ0n) is 19.0. The number of para-hydroxylation sites is 1. The summed E-state index contributed by atoms with van der Waals surface area (Å²) in [5.74, 6) is -0.328. The lowest BCUT2D eigenvalue weighted by Crippen LogP contribution is -2.51. The standard InChI is InChI=1S/C24H30N4O4S/c1-4-11-25-23(29)17-27-12-14-28(15-13-27)24(30)20-7-5-6-8-21(20)26-33(31,32)22-16-18(2)9-10-19(22)3/h4-10,16,26H,1,11-15,17H2,2-3H3,(H,25,29). The van der Waals surface area contributed by atoms with Crippen LogP contribution in [0.25, 0.3) is 0 Å². The molecule has 0 bridgehead atoms. The van der Waals surface area contributed by atoms with Crippen LogP contribution < -0.4 is 10.0 Å². The third-order valence-corrected chi connectivity index (χ3v) is 7.01. The van der Waals surface area contributed by atoms with Gasteiger partial charge in [0.25, 0.3) is 15.9 Å². The van der Waals surface area contributed by atoms with E-state index in [-0.39, 0.29) is 28.9 Å². The number of nitrogens with one attached hydrogen (secondary N) is 2. The van der Waals surface area contributed by atoms with Crippen LogP contribution in [0.1, 0.15) is 21.5 Å². The highest BCUT2D eigenvalue weighted by atomic mass is 32.2. The van der Waals surface area contributed by atoms with Crippen LogP contribution in [0.2, 0.25) is 0 Å². The van der Waals surface area contributed by atoms with Gasteiger partial charge in [-0.2, -0.15) is 0 Å². The van der Waals surface area contributed by atoms with Crippen LogP contribution in [0.4, 0.5) is 5.69 Å². The van der Waals surface area contributed by atoms with Crippen molar-refractivity contribution in [3.05, 3.63) is 71.8 Å². The molecule has 2 amide bonds. The Bertz CT molecular complexity index is 1140. The monoisotopic (exact) mass is 470 g/mol. The fraction of sp³-hybridized carbons (Fsp3) is 0.333. The van der Waals surface area contributed by atoms with E-state index in [0.29, 0.717) is 43.9 Å². The van der Waals surface area contributed by atoms with Crippen LogP contribution in [0.3, 0.4) is 0 Å². The molecule has 9 heteroatoms. The van der Waals surface area contributed by atoms with Crippen LogP contribution in [0.5, 0.6) is 0 Å². The van der Waals surface area contributed by atoms with Gasteiger partial charge in [-0.1, -0.05) is 30.3 Å². The number of hydrogen-bond donors (Lipinski definition) is 2. The first-order chi connectivity index (χ1) is 15.7. The van der Waals surface area contributed by atoms with E-state index < -0.39 is 10.0 Å². The molecule has 2 aromatic rings. The second-order valence-corrected chi connectivity index (χ2v) is 9.73. The number of piperazine rings is 1. The number of benzene rings is 2. The lowest BCUT2D eigenvalue weighted by molar-refractivity contribution is -0.122. The Kier molecular flexibility index (Phi) is 7.88. The molecule has 0 saturated carbocycles. The summed E-state index contributed by atoms with van der Waals surface area (Å²) in [6, 6.07) is 11.9. The number of nitrogens with zero attached hydrogens (tertiary/aromatic N) is 2. The largest absolute Gasteiger partial charge is 0.352 e. The van der Waals surface area contributed by atoms with E-state index in [0.717, 1.165) is 5.56 Å². The third kappa shape index (κ3) is 6.21. The maximum atomic E-state index is 13.2. The summed E-state index contributed by atoms with van der Waals surface area (Å²) < 4.78 is 28.7. The summed E-state index contributed by atoms with van der Waals surface area (Å²) in [6.45, 7) is 9.85. The summed E-state index contributed by atoms with van der Waals surface area (Å²) in [7, 11) is -3.86. The van der Waals surface area contributed by atoms with Crippen LogP contribution in [-0.2, 0) is 14.8 Å². The average molecular weight is 471 g/mol. The summed E-state index contributed by atoms with van der Waals surface area (Å²) >= 11 is 0. The molecule has 33 heavy (non-hydrogen) atoms. The minimum absolute atomic E-state index is 0.0825. The molecule has 0 atom stereocenters. The summed E-state index contributed by atoms with van der Waals surface area (Å²) in [6.07, 6.45) is 1.63. The van der Waals surface area contributed by atoms with Crippen molar-refractivity contribution < 1.29 is 18.0 Å². The minimum atomic E-state index is -3.86. The van der Waals surface area contributed by atoms with Gasteiger partial charge in [0.1, 0.15) is 0 Å².